The Morgan fingerprint density at radius 3 is 2.52 bits per heavy atom. The monoisotopic (exact) mass is 496 g/mol. The lowest BCUT2D eigenvalue weighted by molar-refractivity contribution is -0.189. The predicted molar refractivity (Wildman–Crippen MR) is 117 cm³/mol. The second kappa shape index (κ2) is 8.45. The number of halogens is 3. The molecular formula is C22H19F3N2O4S2. The molecule has 33 heavy (non-hydrogen) atoms. The highest BCUT2D eigenvalue weighted by Crippen LogP contribution is 2.33. The van der Waals surface area contributed by atoms with Crippen LogP contribution in [-0.4, -0.2) is 42.7 Å². The quantitative estimate of drug-likeness (QED) is 0.512. The van der Waals surface area contributed by atoms with Gasteiger partial charge >= 0.3 is 6.18 Å². The summed E-state index contributed by atoms with van der Waals surface area (Å²) in [6.07, 6.45) is -4.17. The first-order valence-corrected chi connectivity index (χ1v) is 12.6. The Labute approximate surface area is 192 Å². The number of benzene rings is 2. The van der Waals surface area contributed by atoms with Crippen molar-refractivity contribution in [3.63, 3.8) is 0 Å². The van der Waals surface area contributed by atoms with Crippen LogP contribution in [0, 0.1) is 0 Å². The number of rotatable bonds is 5. The molecule has 2 heterocycles. The van der Waals surface area contributed by atoms with Gasteiger partial charge in [0.05, 0.1) is 10.5 Å². The SMILES string of the molecule is C[C@H](Oc1ccc(S(C)(=O)=O)cc1C(=O)N1Cc2ccc(-c3nccs3)cc2C1)C(F)(F)F. The number of fused-ring (bicyclic) bond motifs is 1. The van der Waals surface area contributed by atoms with E-state index >= 15 is 0 Å². The van der Waals surface area contributed by atoms with Crippen molar-refractivity contribution in [1.82, 2.24) is 9.88 Å². The zero-order valence-electron chi connectivity index (χ0n) is 17.6. The Hall–Kier alpha value is -2.92. The van der Waals surface area contributed by atoms with Gasteiger partial charge in [0.15, 0.2) is 15.9 Å². The number of nitrogens with zero attached hydrogens (tertiary/aromatic N) is 2. The molecule has 0 aliphatic carbocycles. The number of ether oxygens (including phenoxy) is 1. The second-order valence-corrected chi connectivity index (χ2v) is 10.6. The number of aromatic nitrogens is 1. The molecule has 4 rings (SSSR count). The van der Waals surface area contributed by atoms with E-state index in [1.54, 1.807) is 6.20 Å². The minimum absolute atomic E-state index is 0.180. The molecule has 3 aromatic rings. The Morgan fingerprint density at radius 1 is 1.15 bits per heavy atom. The van der Waals surface area contributed by atoms with Crippen LogP contribution in [0.1, 0.15) is 28.4 Å². The third-order valence-corrected chi connectivity index (χ3v) is 7.20. The van der Waals surface area contributed by atoms with E-state index in [-0.39, 0.29) is 29.3 Å². The fourth-order valence-electron chi connectivity index (χ4n) is 3.47. The minimum atomic E-state index is -4.65. The van der Waals surface area contributed by atoms with Gasteiger partial charge in [-0.25, -0.2) is 13.4 Å². The number of alkyl halides is 3. The highest BCUT2D eigenvalue weighted by atomic mass is 32.2. The molecule has 11 heteroatoms. The summed E-state index contributed by atoms with van der Waals surface area (Å²) in [7, 11) is -3.69. The van der Waals surface area contributed by atoms with E-state index in [0.717, 1.165) is 53.1 Å². The Morgan fingerprint density at radius 2 is 1.88 bits per heavy atom. The molecule has 0 radical (unpaired) electrons. The zero-order valence-corrected chi connectivity index (χ0v) is 19.2. The van der Waals surface area contributed by atoms with E-state index in [9.17, 15) is 26.4 Å². The van der Waals surface area contributed by atoms with Crippen molar-refractivity contribution in [2.45, 2.75) is 37.2 Å². The predicted octanol–water partition coefficient (Wildman–Crippen LogP) is 4.70. The Kier molecular flexibility index (Phi) is 5.95. The van der Waals surface area contributed by atoms with Crippen LogP contribution in [0.2, 0.25) is 0 Å². The number of sulfone groups is 1. The van der Waals surface area contributed by atoms with Gasteiger partial charge in [-0.15, -0.1) is 11.3 Å². The van der Waals surface area contributed by atoms with Gasteiger partial charge in [-0.3, -0.25) is 4.79 Å². The van der Waals surface area contributed by atoms with Crippen molar-refractivity contribution in [1.29, 1.82) is 0 Å². The number of thiazole rings is 1. The molecule has 1 amide bonds. The molecule has 6 nitrogen and oxygen atoms in total. The summed E-state index contributed by atoms with van der Waals surface area (Å²) < 4.78 is 68.2. The lowest BCUT2D eigenvalue weighted by Gasteiger charge is -2.22. The molecule has 0 saturated heterocycles. The van der Waals surface area contributed by atoms with Gasteiger partial charge in [0, 0.05) is 36.5 Å². The maximum Gasteiger partial charge on any atom is 0.425 e. The van der Waals surface area contributed by atoms with Gasteiger partial charge in [0.2, 0.25) is 0 Å². The van der Waals surface area contributed by atoms with Crippen LogP contribution in [-0.2, 0) is 22.9 Å². The van der Waals surface area contributed by atoms with Crippen LogP contribution < -0.4 is 4.74 Å². The Balaban J connectivity index is 1.66. The van der Waals surface area contributed by atoms with Crippen molar-refractivity contribution in [3.8, 4) is 16.3 Å². The highest BCUT2D eigenvalue weighted by Gasteiger charge is 2.39. The second-order valence-electron chi connectivity index (χ2n) is 7.71. The summed E-state index contributed by atoms with van der Waals surface area (Å²) in [4.78, 5) is 18.9. The van der Waals surface area contributed by atoms with Crippen LogP contribution in [0.3, 0.4) is 0 Å². The molecule has 0 spiro atoms. The molecule has 174 valence electrons. The van der Waals surface area contributed by atoms with Crippen molar-refractivity contribution in [3.05, 3.63) is 64.7 Å². The molecular weight excluding hydrogens is 477 g/mol. The third-order valence-electron chi connectivity index (χ3n) is 5.27. The summed E-state index contributed by atoms with van der Waals surface area (Å²) in [5.41, 5.74) is 2.46. The molecule has 0 unspecified atom stereocenters. The van der Waals surface area contributed by atoms with E-state index in [1.165, 1.54) is 16.2 Å². The summed E-state index contributed by atoms with van der Waals surface area (Å²) in [6.45, 7) is 1.29. The van der Waals surface area contributed by atoms with Crippen molar-refractivity contribution < 1.29 is 31.1 Å². The van der Waals surface area contributed by atoms with Crippen molar-refractivity contribution in [2.24, 2.45) is 0 Å². The number of hydrogen-bond donors (Lipinski definition) is 0. The molecule has 0 bridgehead atoms. The fourth-order valence-corrected chi connectivity index (χ4v) is 4.76. The molecule has 1 atom stereocenters. The van der Waals surface area contributed by atoms with Gasteiger partial charge in [-0.2, -0.15) is 13.2 Å². The topological polar surface area (TPSA) is 76.6 Å². The van der Waals surface area contributed by atoms with Gasteiger partial charge in [-0.1, -0.05) is 12.1 Å². The first-order chi connectivity index (χ1) is 15.4. The van der Waals surface area contributed by atoms with Crippen LogP contribution in [0.5, 0.6) is 5.75 Å². The largest absolute Gasteiger partial charge is 0.480 e. The number of hydrogen-bond acceptors (Lipinski definition) is 6. The normalized spacial score (nSPS) is 14.8. The maximum absolute atomic E-state index is 13.3. The van der Waals surface area contributed by atoms with E-state index < -0.39 is 28.0 Å². The van der Waals surface area contributed by atoms with Crippen molar-refractivity contribution >= 4 is 27.1 Å². The summed E-state index contributed by atoms with van der Waals surface area (Å²) >= 11 is 1.48. The number of amides is 1. The maximum atomic E-state index is 13.3. The van der Waals surface area contributed by atoms with Crippen LogP contribution in [0.25, 0.3) is 10.6 Å². The highest BCUT2D eigenvalue weighted by molar-refractivity contribution is 7.90. The molecule has 1 aliphatic rings. The number of carbonyl (C=O) groups excluding carboxylic acids is 1. The van der Waals surface area contributed by atoms with E-state index in [1.807, 2.05) is 23.6 Å². The first kappa shape index (κ1) is 23.2. The molecule has 0 N–H and O–H groups in total. The third kappa shape index (κ3) is 4.88. The molecule has 0 saturated carbocycles. The standard InChI is InChI=1S/C22H19F3N2O4S2/c1-13(22(23,24)25)31-19-6-5-17(33(2,29)30)10-18(19)21(28)27-11-15-4-3-14(9-16(15)12-27)20-26-7-8-32-20/h3-10,13H,11-12H2,1-2H3/t13-/m0/s1. The molecule has 1 aromatic heterocycles. The minimum Gasteiger partial charge on any atom is -0.480 e. The van der Waals surface area contributed by atoms with Gasteiger partial charge in [0.25, 0.3) is 5.91 Å². The van der Waals surface area contributed by atoms with Gasteiger partial charge in [-0.05, 0) is 42.3 Å². The smallest absolute Gasteiger partial charge is 0.425 e. The van der Waals surface area contributed by atoms with Crippen molar-refractivity contribution in [2.75, 3.05) is 6.26 Å². The average molecular weight is 497 g/mol. The summed E-state index contributed by atoms with van der Waals surface area (Å²) in [5.74, 6) is -0.937. The lowest BCUT2D eigenvalue weighted by atomic mass is 10.1. The average Bonchev–Trinajstić information content (AvgIpc) is 3.41. The first-order valence-electron chi connectivity index (χ1n) is 9.82. The molecule has 0 fully saturated rings. The number of carbonyl (C=O) groups is 1. The van der Waals surface area contributed by atoms with Crippen LogP contribution >= 0.6 is 11.3 Å². The summed E-state index contributed by atoms with van der Waals surface area (Å²) in [5, 5.41) is 2.69. The van der Waals surface area contributed by atoms with Crippen LogP contribution in [0.15, 0.2) is 52.9 Å². The Bertz CT molecular complexity index is 1310. The molecule has 1 aliphatic heterocycles. The van der Waals surface area contributed by atoms with Gasteiger partial charge in [0.1, 0.15) is 10.8 Å². The van der Waals surface area contributed by atoms with Crippen LogP contribution in [0.4, 0.5) is 13.2 Å². The lowest BCUT2D eigenvalue weighted by Crippen LogP contribution is -2.32. The summed E-state index contributed by atoms with van der Waals surface area (Å²) in [6, 6.07) is 9.00. The van der Waals surface area contributed by atoms with E-state index in [0.29, 0.717) is 0 Å². The molecule has 2 aromatic carbocycles. The van der Waals surface area contributed by atoms with Gasteiger partial charge < -0.3 is 9.64 Å². The zero-order chi connectivity index (χ0) is 24.0. The fraction of sp³-hybridized carbons (Fsp3) is 0.273. The van der Waals surface area contributed by atoms with E-state index in [4.69, 9.17) is 4.74 Å². The van der Waals surface area contributed by atoms with E-state index in [2.05, 4.69) is 4.98 Å².